The molecule has 2 aromatic carbocycles. The highest BCUT2D eigenvalue weighted by molar-refractivity contribution is 6.05. The number of fused-ring (bicyclic) bond motifs is 2. The fourth-order valence-corrected chi connectivity index (χ4v) is 6.78. The smallest absolute Gasteiger partial charge is 0.276 e. The number of nitrogens with one attached hydrogen (secondary N) is 3. The number of imidazole rings is 2. The maximum Gasteiger partial charge on any atom is 0.276 e. The zero-order valence-corrected chi connectivity index (χ0v) is 34.7. The number of aromatic nitrogens is 8. The van der Waals surface area contributed by atoms with E-state index in [0.29, 0.717) is 89.0 Å². The van der Waals surface area contributed by atoms with Crippen LogP contribution in [0.25, 0.3) is 22.1 Å². The van der Waals surface area contributed by atoms with Crippen LogP contribution in [0.3, 0.4) is 0 Å². The van der Waals surface area contributed by atoms with E-state index < -0.39 is 23.6 Å². The summed E-state index contributed by atoms with van der Waals surface area (Å²) in [5, 5.41) is 16.6. The molecule has 0 aliphatic rings. The quantitative estimate of drug-likeness (QED) is 0.0449. The molecular weight excluding hydrogens is 773 g/mol. The van der Waals surface area contributed by atoms with Crippen LogP contribution in [0.15, 0.2) is 48.6 Å². The number of nitrogens with two attached hydrogens (primary N) is 2. The lowest BCUT2D eigenvalue weighted by atomic mass is 10.1. The van der Waals surface area contributed by atoms with Crippen LogP contribution in [0.5, 0.6) is 11.5 Å². The van der Waals surface area contributed by atoms with Crippen molar-refractivity contribution in [2.75, 3.05) is 45.0 Å². The number of aryl methyl sites for hydroxylation is 4. The first kappa shape index (κ1) is 42.5. The maximum absolute atomic E-state index is 13.8. The second-order valence-electron chi connectivity index (χ2n) is 13.9. The SMILES string of the molecule is CCn1nc(C)cc1C(=O)Nc1nc2cc(C(N)=O)cc(OC)c2n1C/C=C/Cn1c(NC(=O)c2cc(C)nn2CC)nc2cc(C(N)=O)cc(OCCCN(C)NC)c21. The highest BCUT2D eigenvalue weighted by Crippen LogP contribution is 2.33. The van der Waals surface area contributed by atoms with Gasteiger partial charge in [-0.15, -0.1) is 0 Å². The number of rotatable bonds is 19. The third-order valence-corrected chi connectivity index (χ3v) is 9.74. The Labute approximate surface area is 345 Å². The first-order valence-corrected chi connectivity index (χ1v) is 19.4. The zero-order chi connectivity index (χ0) is 43.2. The van der Waals surface area contributed by atoms with Crippen LogP contribution in [0.1, 0.15) is 73.3 Å². The second-order valence-corrected chi connectivity index (χ2v) is 13.9. The molecule has 7 N–H and O–H groups in total. The molecule has 0 fully saturated rings. The van der Waals surface area contributed by atoms with Gasteiger partial charge in [-0.25, -0.2) is 15.0 Å². The predicted molar refractivity (Wildman–Crippen MR) is 225 cm³/mol. The number of hydrogen-bond donors (Lipinski definition) is 5. The fourth-order valence-electron chi connectivity index (χ4n) is 6.78. The van der Waals surface area contributed by atoms with E-state index in [1.807, 2.05) is 45.1 Å². The summed E-state index contributed by atoms with van der Waals surface area (Å²) in [5.41, 5.74) is 18.6. The molecule has 0 atom stereocenters. The molecule has 0 saturated heterocycles. The molecule has 6 rings (SSSR count). The average Bonchev–Trinajstić information content (AvgIpc) is 3.99. The molecule has 20 heteroatoms. The van der Waals surface area contributed by atoms with Gasteiger partial charge in [-0.3, -0.25) is 44.6 Å². The van der Waals surface area contributed by atoms with Crippen LogP contribution in [0, 0.1) is 13.8 Å². The van der Waals surface area contributed by atoms with E-state index in [2.05, 4.69) is 31.2 Å². The Bertz CT molecular complexity index is 2620. The molecule has 20 nitrogen and oxygen atoms in total. The van der Waals surface area contributed by atoms with Crippen LogP contribution in [-0.2, 0) is 26.2 Å². The van der Waals surface area contributed by atoms with Crippen LogP contribution in [-0.4, -0.2) is 102 Å². The molecule has 0 aliphatic carbocycles. The second kappa shape index (κ2) is 18.2. The van der Waals surface area contributed by atoms with E-state index in [4.69, 9.17) is 25.9 Å². The number of primary amides is 2. The summed E-state index contributed by atoms with van der Waals surface area (Å²) in [4.78, 5) is 61.5. The average molecular weight is 823 g/mol. The minimum Gasteiger partial charge on any atom is -0.494 e. The number of carbonyl (C=O) groups is 4. The Morgan fingerprint density at radius 3 is 1.65 bits per heavy atom. The lowest BCUT2D eigenvalue weighted by Gasteiger charge is -2.16. The van der Waals surface area contributed by atoms with Crippen molar-refractivity contribution in [2.24, 2.45) is 11.5 Å². The van der Waals surface area contributed by atoms with Gasteiger partial charge in [0, 0.05) is 50.9 Å². The van der Waals surface area contributed by atoms with E-state index in [9.17, 15) is 19.2 Å². The van der Waals surface area contributed by atoms with Gasteiger partial charge >= 0.3 is 0 Å². The van der Waals surface area contributed by atoms with Crippen LogP contribution >= 0.6 is 0 Å². The Kier molecular flexibility index (Phi) is 12.9. The Morgan fingerprint density at radius 1 is 0.750 bits per heavy atom. The van der Waals surface area contributed by atoms with E-state index in [0.717, 1.165) is 0 Å². The summed E-state index contributed by atoms with van der Waals surface area (Å²) < 4.78 is 18.7. The topological polar surface area (TPSA) is 249 Å². The van der Waals surface area contributed by atoms with Crippen molar-refractivity contribution in [3.05, 3.63) is 82.5 Å². The monoisotopic (exact) mass is 822 g/mol. The van der Waals surface area contributed by atoms with E-state index >= 15 is 0 Å². The summed E-state index contributed by atoms with van der Waals surface area (Å²) in [7, 11) is 5.20. The molecular formula is C40H50N14O6. The van der Waals surface area contributed by atoms with Gasteiger partial charge in [0.1, 0.15) is 33.9 Å². The number of hydrogen-bond acceptors (Lipinski definition) is 12. The number of methoxy groups -OCH3 is 1. The number of anilines is 2. The molecule has 4 amide bonds. The minimum absolute atomic E-state index is 0.166. The van der Waals surface area contributed by atoms with Crippen molar-refractivity contribution in [1.29, 1.82) is 0 Å². The molecule has 6 aromatic rings. The highest BCUT2D eigenvalue weighted by atomic mass is 16.5. The summed E-state index contributed by atoms with van der Waals surface area (Å²) in [6.07, 6.45) is 4.35. The molecule has 0 spiro atoms. The summed E-state index contributed by atoms with van der Waals surface area (Å²) in [5.74, 6) is -1.16. The number of carbonyl (C=O) groups excluding carboxylic acids is 4. The van der Waals surface area contributed by atoms with Crippen molar-refractivity contribution in [2.45, 2.75) is 60.3 Å². The molecule has 0 bridgehead atoms. The summed E-state index contributed by atoms with van der Waals surface area (Å²) in [6, 6.07) is 9.56. The number of hydrazine groups is 1. The normalized spacial score (nSPS) is 11.6. The van der Waals surface area contributed by atoms with Gasteiger partial charge in [0.05, 0.1) is 36.1 Å². The van der Waals surface area contributed by atoms with E-state index in [-0.39, 0.29) is 36.1 Å². The largest absolute Gasteiger partial charge is 0.494 e. The maximum atomic E-state index is 13.8. The summed E-state index contributed by atoms with van der Waals surface area (Å²) in [6.45, 7) is 9.66. The Balaban J connectivity index is 1.40. The Hall–Kier alpha value is -7.06. The number of allylic oxidation sites excluding steroid dienone is 2. The third-order valence-electron chi connectivity index (χ3n) is 9.74. The fraction of sp³-hybridized carbons (Fsp3) is 0.350. The standard InChI is InChI=1S/C40H50N14O6/c1-8-53-29(17-23(3)48-53)37(57)46-39-44-27-19-25(35(41)55)21-31(59-7)33(27)51(39)14-10-11-15-52-34-28(45-40(52)47-38(58)30-18-24(4)49-54(30)9-2)20-26(36(42)56)22-32(34)60-16-12-13-50(6)43-5/h10-11,17-22,43H,8-9,12-16H2,1-7H3,(H2,41,55)(H2,42,56)(H,44,46,57)(H,45,47,58)/b11-10+. The van der Waals surface area contributed by atoms with Crippen molar-refractivity contribution in [1.82, 2.24) is 49.1 Å². The highest BCUT2D eigenvalue weighted by Gasteiger charge is 2.24. The molecule has 60 heavy (non-hydrogen) atoms. The molecule has 0 radical (unpaired) electrons. The Morgan fingerprint density at radius 2 is 1.22 bits per heavy atom. The predicted octanol–water partition coefficient (Wildman–Crippen LogP) is 3.24. The van der Waals surface area contributed by atoms with Gasteiger partial charge in [-0.05, 0) is 77.6 Å². The molecule has 316 valence electrons. The van der Waals surface area contributed by atoms with Gasteiger partial charge in [-0.1, -0.05) is 12.2 Å². The molecule has 0 unspecified atom stereocenters. The van der Waals surface area contributed by atoms with Gasteiger partial charge < -0.3 is 30.1 Å². The first-order chi connectivity index (χ1) is 28.8. The number of ether oxygens (including phenoxy) is 2. The van der Waals surface area contributed by atoms with Crippen LogP contribution in [0.4, 0.5) is 11.9 Å². The zero-order valence-electron chi connectivity index (χ0n) is 34.7. The van der Waals surface area contributed by atoms with Crippen molar-refractivity contribution in [3.63, 3.8) is 0 Å². The summed E-state index contributed by atoms with van der Waals surface area (Å²) >= 11 is 0. The molecule has 4 aromatic heterocycles. The molecule has 0 aliphatic heterocycles. The molecule has 4 heterocycles. The van der Waals surface area contributed by atoms with E-state index in [1.54, 1.807) is 56.6 Å². The molecule has 0 saturated carbocycles. The minimum atomic E-state index is -0.668. The third kappa shape index (κ3) is 8.98. The lowest BCUT2D eigenvalue weighted by Crippen LogP contribution is -2.32. The van der Waals surface area contributed by atoms with Gasteiger partial charge in [0.2, 0.25) is 23.7 Å². The van der Waals surface area contributed by atoms with Gasteiger partial charge in [0.15, 0.2) is 0 Å². The van der Waals surface area contributed by atoms with Gasteiger partial charge in [-0.2, -0.15) is 10.2 Å². The van der Waals surface area contributed by atoms with Crippen molar-refractivity contribution in [3.8, 4) is 11.5 Å². The van der Waals surface area contributed by atoms with Crippen molar-refractivity contribution < 1.29 is 28.7 Å². The first-order valence-electron chi connectivity index (χ1n) is 19.4. The number of nitrogens with zero attached hydrogens (tertiary/aromatic N) is 9. The van der Waals surface area contributed by atoms with Gasteiger partial charge in [0.25, 0.3) is 11.8 Å². The van der Waals surface area contributed by atoms with E-state index in [1.165, 1.54) is 19.2 Å². The van der Waals surface area contributed by atoms with Crippen LogP contribution < -0.4 is 37.0 Å². The number of amides is 4. The van der Waals surface area contributed by atoms with Crippen LogP contribution in [0.2, 0.25) is 0 Å². The lowest BCUT2D eigenvalue weighted by molar-refractivity contribution is 0.0991. The van der Waals surface area contributed by atoms with Crippen molar-refractivity contribution >= 4 is 57.6 Å². The number of benzene rings is 2.